The maximum absolute atomic E-state index is 13.8. The van der Waals surface area contributed by atoms with Crippen molar-refractivity contribution in [3.05, 3.63) is 35.1 Å². The van der Waals surface area contributed by atoms with Crippen LogP contribution in [0, 0.1) is 23.4 Å². The second-order valence-electron chi connectivity index (χ2n) is 8.50. The minimum absolute atomic E-state index is 0.0684. The highest BCUT2D eigenvalue weighted by atomic mass is 19.2. The molecule has 9 heteroatoms. The van der Waals surface area contributed by atoms with Gasteiger partial charge in [-0.05, 0) is 38.3 Å². The number of rotatable bonds is 5. The van der Waals surface area contributed by atoms with E-state index in [1.165, 1.54) is 13.8 Å². The van der Waals surface area contributed by atoms with E-state index >= 15 is 0 Å². The molecular weight excluding hydrogens is 387 g/mol. The van der Waals surface area contributed by atoms with E-state index in [9.17, 15) is 27.9 Å². The van der Waals surface area contributed by atoms with Gasteiger partial charge in [0, 0.05) is 44.1 Å². The molecule has 0 spiro atoms. The van der Waals surface area contributed by atoms with Crippen LogP contribution in [0.25, 0.3) is 0 Å². The standard InChI is InChI=1S/C20H26F3N3O3/c1-20(2,29)19(28)25-9-11-3-4-26(17(11)10-25)18(27)7-13(24)5-12-6-15(22)16(23)8-14(12)21/h6,8,11,13,17,29H,3-5,7,9-10,24H2,1-2H3/t11-,13?,17+/m0/s1. The topological polar surface area (TPSA) is 86.9 Å². The van der Waals surface area contributed by atoms with Gasteiger partial charge in [0.2, 0.25) is 5.91 Å². The van der Waals surface area contributed by atoms with Crippen LogP contribution in [0.15, 0.2) is 12.1 Å². The highest BCUT2D eigenvalue weighted by Gasteiger charge is 2.46. The number of likely N-dealkylation sites (tertiary alicyclic amines) is 2. The highest BCUT2D eigenvalue weighted by Crippen LogP contribution is 2.33. The molecule has 2 aliphatic heterocycles. The SMILES string of the molecule is CC(C)(O)C(=O)N1C[C@@H]2CCN(C(=O)CC(N)Cc3cc(F)c(F)cc3F)[C@@H]2C1. The Balaban J connectivity index is 1.60. The number of aliphatic hydroxyl groups is 1. The van der Waals surface area contributed by atoms with E-state index in [4.69, 9.17) is 5.73 Å². The Morgan fingerprint density at radius 2 is 1.86 bits per heavy atom. The van der Waals surface area contributed by atoms with Gasteiger partial charge in [0.25, 0.3) is 5.91 Å². The first kappa shape index (κ1) is 21.6. The summed E-state index contributed by atoms with van der Waals surface area (Å²) in [4.78, 5) is 28.3. The Morgan fingerprint density at radius 1 is 1.21 bits per heavy atom. The molecule has 1 aromatic rings. The van der Waals surface area contributed by atoms with Crippen molar-refractivity contribution < 1.29 is 27.9 Å². The van der Waals surface area contributed by atoms with Gasteiger partial charge >= 0.3 is 0 Å². The van der Waals surface area contributed by atoms with Crippen LogP contribution in [-0.2, 0) is 16.0 Å². The lowest BCUT2D eigenvalue weighted by Gasteiger charge is -2.28. The summed E-state index contributed by atoms with van der Waals surface area (Å²) < 4.78 is 40.2. The van der Waals surface area contributed by atoms with Crippen LogP contribution in [0.4, 0.5) is 13.2 Å². The average Bonchev–Trinajstić information content (AvgIpc) is 3.18. The third kappa shape index (κ3) is 4.56. The fourth-order valence-corrected chi connectivity index (χ4v) is 4.24. The van der Waals surface area contributed by atoms with Gasteiger partial charge in [-0.15, -0.1) is 0 Å². The zero-order valence-electron chi connectivity index (χ0n) is 16.5. The largest absolute Gasteiger partial charge is 0.381 e. The summed E-state index contributed by atoms with van der Waals surface area (Å²) in [5.41, 5.74) is 4.43. The van der Waals surface area contributed by atoms with Crippen molar-refractivity contribution >= 4 is 11.8 Å². The molecule has 0 aromatic heterocycles. The van der Waals surface area contributed by atoms with E-state index in [-0.39, 0.29) is 42.2 Å². The lowest BCUT2D eigenvalue weighted by Crippen LogP contribution is -2.47. The molecule has 160 valence electrons. The molecular formula is C20H26F3N3O3. The van der Waals surface area contributed by atoms with Gasteiger partial charge in [-0.2, -0.15) is 0 Å². The molecule has 29 heavy (non-hydrogen) atoms. The normalized spacial score (nSPS) is 22.7. The van der Waals surface area contributed by atoms with E-state index in [0.717, 1.165) is 12.5 Å². The number of fused-ring (bicyclic) bond motifs is 1. The van der Waals surface area contributed by atoms with Crippen LogP contribution in [0.2, 0.25) is 0 Å². The average molecular weight is 413 g/mol. The van der Waals surface area contributed by atoms with Crippen molar-refractivity contribution in [1.29, 1.82) is 0 Å². The van der Waals surface area contributed by atoms with Crippen molar-refractivity contribution in [2.75, 3.05) is 19.6 Å². The molecule has 6 nitrogen and oxygen atoms in total. The summed E-state index contributed by atoms with van der Waals surface area (Å²) in [7, 11) is 0. The summed E-state index contributed by atoms with van der Waals surface area (Å²) >= 11 is 0. The van der Waals surface area contributed by atoms with Gasteiger partial charge in [0.15, 0.2) is 11.6 Å². The zero-order chi connectivity index (χ0) is 21.5. The van der Waals surface area contributed by atoms with Gasteiger partial charge in [-0.3, -0.25) is 9.59 Å². The molecule has 3 N–H and O–H groups in total. The van der Waals surface area contributed by atoms with Gasteiger partial charge in [0.1, 0.15) is 11.4 Å². The predicted molar refractivity (Wildman–Crippen MR) is 99.1 cm³/mol. The highest BCUT2D eigenvalue weighted by molar-refractivity contribution is 5.84. The van der Waals surface area contributed by atoms with Crippen molar-refractivity contribution in [2.24, 2.45) is 11.7 Å². The number of carbonyl (C=O) groups is 2. The van der Waals surface area contributed by atoms with Gasteiger partial charge in [-0.1, -0.05) is 0 Å². The summed E-state index contributed by atoms with van der Waals surface area (Å²) in [6, 6.07) is 0.340. The maximum Gasteiger partial charge on any atom is 0.254 e. The van der Waals surface area contributed by atoms with Gasteiger partial charge in [-0.25, -0.2) is 13.2 Å². The third-order valence-electron chi connectivity index (χ3n) is 5.69. The van der Waals surface area contributed by atoms with Crippen molar-refractivity contribution in [1.82, 2.24) is 9.80 Å². The van der Waals surface area contributed by atoms with Crippen molar-refractivity contribution in [3.8, 4) is 0 Å². The monoisotopic (exact) mass is 413 g/mol. The Bertz CT molecular complexity index is 812. The van der Waals surface area contributed by atoms with Crippen LogP contribution in [-0.4, -0.2) is 64.0 Å². The molecule has 1 aromatic carbocycles. The molecule has 2 fully saturated rings. The smallest absolute Gasteiger partial charge is 0.254 e. The Hall–Kier alpha value is -2.13. The number of amides is 2. The number of carbonyl (C=O) groups excluding carboxylic acids is 2. The van der Waals surface area contributed by atoms with Gasteiger partial charge in [0.05, 0.1) is 6.04 Å². The summed E-state index contributed by atoms with van der Waals surface area (Å²) in [6.45, 7) is 4.26. The van der Waals surface area contributed by atoms with Crippen LogP contribution >= 0.6 is 0 Å². The minimum Gasteiger partial charge on any atom is -0.381 e. The number of hydrogen-bond donors (Lipinski definition) is 2. The van der Waals surface area contributed by atoms with Crippen molar-refractivity contribution in [3.63, 3.8) is 0 Å². The van der Waals surface area contributed by atoms with Gasteiger partial charge < -0.3 is 20.6 Å². The number of benzene rings is 1. The number of nitrogens with zero attached hydrogens (tertiary/aromatic N) is 2. The molecule has 0 bridgehead atoms. The molecule has 0 aliphatic carbocycles. The Kier molecular flexibility index (Phi) is 5.91. The molecule has 0 radical (unpaired) electrons. The number of nitrogens with two attached hydrogens (primary N) is 1. The first-order chi connectivity index (χ1) is 13.5. The zero-order valence-corrected chi connectivity index (χ0v) is 16.5. The van der Waals surface area contributed by atoms with Crippen LogP contribution in [0.5, 0.6) is 0 Å². The molecule has 3 atom stereocenters. The molecule has 2 heterocycles. The lowest BCUT2D eigenvalue weighted by molar-refractivity contribution is -0.147. The molecule has 2 saturated heterocycles. The Morgan fingerprint density at radius 3 is 2.52 bits per heavy atom. The first-order valence-corrected chi connectivity index (χ1v) is 9.67. The fourth-order valence-electron chi connectivity index (χ4n) is 4.24. The molecule has 3 rings (SSSR count). The van der Waals surface area contributed by atoms with E-state index < -0.39 is 29.1 Å². The van der Waals surface area contributed by atoms with E-state index in [1.807, 2.05) is 0 Å². The van der Waals surface area contributed by atoms with Crippen LogP contribution in [0.1, 0.15) is 32.3 Å². The van der Waals surface area contributed by atoms with Crippen LogP contribution in [0.3, 0.4) is 0 Å². The first-order valence-electron chi connectivity index (χ1n) is 9.67. The Labute approximate surface area is 167 Å². The summed E-state index contributed by atoms with van der Waals surface area (Å²) in [5.74, 6) is -3.78. The molecule has 2 aliphatic rings. The van der Waals surface area contributed by atoms with Crippen molar-refractivity contribution in [2.45, 2.75) is 50.8 Å². The van der Waals surface area contributed by atoms with E-state index in [1.54, 1.807) is 9.80 Å². The quantitative estimate of drug-likeness (QED) is 0.710. The number of hydrogen-bond acceptors (Lipinski definition) is 4. The fraction of sp³-hybridized carbons (Fsp3) is 0.600. The number of halogens is 3. The second kappa shape index (κ2) is 7.95. The summed E-state index contributed by atoms with van der Waals surface area (Å²) in [5, 5.41) is 9.93. The maximum atomic E-state index is 13.8. The second-order valence-corrected chi connectivity index (χ2v) is 8.50. The lowest BCUT2D eigenvalue weighted by atomic mass is 10.0. The van der Waals surface area contributed by atoms with Crippen LogP contribution < -0.4 is 5.73 Å². The summed E-state index contributed by atoms with van der Waals surface area (Å²) in [6.07, 6.45) is 0.584. The molecule has 1 unspecified atom stereocenters. The van der Waals surface area contributed by atoms with E-state index in [2.05, 4.69) is 0 Å². The molecule has 2 amide bonds. The predicted octanol–water partition coefficient (Wildman–Crippen LogP) is 1.19. The minimum atomic E-state index is -1.47. The molecule has 0 saturated carbocycles. The third-order valence-corrected chi connectivity index (χ3v) is 5.69. The van der Waals surface area contributed by atoms with E-state index in [0.29, 0.717) is 25.7 Å².